The van der Waals surface area contributed by atoms with Gasteiger partial charge in [-0.3, -0.25) is 19.5 Å². The van der Waals surface area contributed by atoms with E-state index < -0.39 is 0 Å². The molecule has 8 nitrogen and oxygen atoms in total. The molecule has 3 atom stereocenters. The summed E-state index contributed by atoms with van der Waals surface area (Å²) in [6.07, 6.45) is 8.81. The van der Waals surface area contributed by atoms with E-state index in [2.05, 4.69) is 29.2 Å². The fourth-order valence-electron chi connectivity index (χ4n) is 5.51. The van der Waals surface area contributed by atoms with Gasteiger partial charge in [0.05, 0.1) is 19.1 Å². The molecule has 0 spiro atoms. The van der Waals surface area contributed by atoms with E-state index in [1.54, 1.807) is 17.3 Å². The van der Waals surface area contributed by atoms with Crippen LogP contribution in [0.1, 0.15) is 57.1 Å². The van der Waals surface area contributed by atoms with Gasteiger partial charge in [0.25, 0.3) is 0 Å². The zero-order valence-electron chi connectivity index (χ0n) is 22.9. The number of likely N-dealkylation sites (N-methyl/N-ethyl adjacent to an activating group) is 1. The summed E-state index contributed by atoms with van der Waals surface area (Å²) in [5, 5.41) is 13.0. The summed E-state index contributed by atoms with van der Waals surface area (Å²) in [6.45, 7) is 5.78. The molecule has 2 N–H and O–H groups in total. The van der Waals surface area contributed by atoms with Crippen molar-refractivity contribution in [1.29, 1.82) is 0 Å². The molecule has 2 amide bonds. The van der Waals surface area contributed by atoms with E-state index in [1.807, 2.05) is 37.3 Å². The van der Waals surface area contributed by atoms with Gasteiger partial charge in [0.2, 0.25) is 11.8 Å². The number of anilines is 1. The van der Waals surface area contributed by atoms with Crippen LogP contribution in [-0.2, 0) is 22.6 Å². The number of nitrogens with zero attached hydrogens (tertiary/aromatic N) is 3. The number of ether oxygens (including phenoxy) is 1. The third-order valence-electron chi connectivity index (χ3n) is 7.85. The largest absolute Gasteiger partial charge is 0.488 e. The number of benzene rings is 1. The van der Waals surface area contributed by atoms with Gasteiger partial charge in [0.1, 0.15) is 11.9 Å². The third kappa shape index (κ3) is 7.32. The third-order valence-corrected chi connectivity index (χ3v) is 7.85. The van der Waals surface area contributed by atoms with E-state index >= 15 is 0 Å². The lowest BCUT2D eigenvalue weighted by atomic mass is 9.88. The van der Waals surface area contributed by atoms with Gasteiger partial charge in [-0.1, -0.05) is 26.2 Å². The number of hydrogen-bond acceptors (Lipinski definition) is 6. The van der Waals surface area contributed by atoms with E-state index in [9.17, 15) is 14.7 Å². The molecule has 1 fully saturated rings. The quantitative estimate of drug-likeness (QED) is 0.546. The number of carbonyl (C=O) groups excluding carboxylic acids is 2. The van der Waals surface area contributed by atoms with Crippen LogP contribution in [0.5, 0.6) is 5.75 Å². The van der Waals surface area contributed by atoms with Crippen LogP contribution in [0.25, 0.3) is 0 Å². The second-order valence-electron chi connectivity index (χ2n) is 11.1. The van der Waals surface area contributed by atoms with Crippen LogP contribution in [0.2, 0.25) is 0 Å². The Labute approximate surface area is 226 Å². The predicted octanol–water partition coefficient (Wildman–Crippen LogP) is 3.88. The summed E-state index contributed by atoms with van der Waals surface area (Å²) < 4.78 is 6.62. The molecule has 1 aliphatic carbocycles. The molecule has 0 bridgehead atoms. The van der Waals surface area contributed by atoms with Crippen molar-refractivity contribution < 1.29 is 19.4 Å². The molecule has 206 valence electrons. The molecule has 1 aliphatic heterocycles. The number of aliphatic hydroxyl groups is 1. The highest BCUT2D eigenvalue weighted by Crippen LogP contribution is 2.30. The summed E-state index contributed by atoms with van der Waals surface area (Å²) in [4.78, 5) is 34.4. The molecular weight excluding hydrogens is 480 g/mol. The van der Waals surface area contributed by atoms with E-state index in [4.69, 9.17) is 4.74 Å². The first-order valence-electron chi connectivity index (χ1n) is 13.9. The van der Waals surface area contributed by atoms with Crippen LogP contribution >= 0.6 is 0 Å². The van der Waals surface area contributed by atoms with Crippen molar-refractivity contribution in [1.82, 2.24) is 14.8 Å². The zero-order chi connectivity index (χ0) is 27.1. The van der Waals surface area contributed by atoms with Gasteiger partial charge >= 0.3 is 0 Å². The molecule has 38 heavy (non-hydrogen) atoms. The molecule has 0 radical (unpaired) electrons. The minimum Gasteiger partial charge on any atom is -0.488 e. The standard InChI is InChI=1S/C30H42N4O4/c1-21-17-34(22(2)20-35)29(36)16-25-15-26(32-30(37)24-7-5-4-6-8-24)9-10-27(25)38-28(21)19-33(3)18-23-11-13-31-14-12-23/h9-15,21-22,24,28,35H,4-8,16-20H2,1-3H3,(H,32,37)/t21-,22+,28-/m1/s1. The average Bonchev–Trinajstić information content (AvgIpc) is 2.97. The number of carbonyl (C=O) groups is 2. The number of nitrogens with one attached hydrogen (secondary N) is 1. The monoisotopic (exact) mass is 522 g/mol. The molecule has 2 aliphatic rings. The smallest absolute Gasteiger partial charge is 0.227 e. The highest BCUT2D eigenvalue weighted by atomic mass is 16.5. The van der Waals surface area contributed by atoms with Crippen LogP contribution in [0, 0.1) is 11.8 Å². The van der Waals surface area contributed by atoms with Gasteiger partial charge in [-0.05, 0) is 62.7 Å². The van der Waals surface area contributed by atoms with Crippen LogP contribution < -0.4 is 10.1 Å². The van der Waals surface area contributed by atoms with Gasteiger partial charge in [-0.2, -0.15) is 0 Å². The van der Waals surface area contributed by atoms with E-state index in [0.717, 1.165) is 37.8 Å². The Bertz CT molecular complexity index is 1070. The maximum Gasteiger partial charge on any atom is 0.227 e. The molecule has 2 heterocycles. The predicted molar refractivity (Wildman–Crippen MR) is 148 cm³/mol. The SMILES string of the molecule is C[C@@H]1CN([C@@H](C)CO)C(=O)Cc2cc(NC(=O)C3CCCCC3)ccc2O[C@@H]1CN(C)Cc1ccncc1. The number of hydrogen-bond donors (Lipinski definition) is 2. The van der Waals surface area contributed by atoms with Crippen molar-refractivity contribution in [2.75, 3.05) is 32.1 Å². The van der Waals surface area contributed by atoms with Gasteiger partial charge in [-0.25, -0.2) is 0 Å². The Hall–Kier alpha value is -2.97. The zero-order valence-corrected chi connectivity index (χ0v) is 22.9. The first-order chi connectivity index (χ1) is 18.3. The topological polar surface area (TPSA) is 95.0 Å². The van der Waals surface area contributed by atoms with Crippen molar-refractivity contribution in [3.05, 3.63) is 53.9 Å². The Kier molecular flexibility index (Phi) is 9.74. The van der Waals surface area contributed by atoms with Crippen molar-refractivity contribution in [3.8, 4) is 5.75 Å². The fourth-order valence-corrected chi connectivity index (χ4v) is 5.51. The number of rotatable bonds is 8. The normalized spacial score (nSPS) is 21.6. The van der Waals surface area contributed by atoms with Crippen LogP contribution in [-0.4, -0.2) is 70.6 Å². The van der Waals surface area contributed by atoms with Crippen molar-refractivity contribution in [3.63, 3.8) is 0 Å². The summed E-state index contributed by atoms with van der Waals surface area (Å²) in [7, 11) is 2.06. The molecular formula is C30H42N4O4. The van der Waals surface area contributed by atoms with Crippen LogP contribution in [0.3, 0.4) is 0 Å². The molecule has 4 rings (SSSR count). The Morgan fingerprint density at radius 1 is 1.21 bits per heavy atom. The van der Waals surface area contributed by atoms with Gasteiger partial charge in [0.15, 0.2) is 0 Å². The molecule has 1 saturated carbocycles. The molecule has 0 unspecified atom stereocenters. The lowest BCUT2D eigenvalue weighted by molar-refractivity contribution is -0.134. The Morgan fingerprint density at radius 3 is 2.66 bits per heavy atom. The number of amides is 2. The second kappa shape index (κ2) is 13.2. The number of pyridine rings is 1. The summed E-state index contributed by atoms with van der Waals surface area (Å²) in [6, 6.07) is 9.35. The minimum absolute atomic E-state index is 0.0319. The summed E-state index contributed by atoms with van der Waals surface area (Å²) in [5.74, 6) is 0.754. The first kappa shape index (κ1) is 28.0. The lowest BCUT2D eigenvalue weighted by Gasteiger charge is -2.34. The number of aromatic nitrogens is 1. The highest BCUT2D eigenvalue weighted by Gasteiger charge is 2.31. The lowest BCUT2D eigenvalue weighted by Crippen LogP contribution is -2.47. The molecule has 8 heteroatoms. The minimum atomic E-state index is -0.295. The Balaban J connectivity index is 1.57. The molecule has 1 aromatic heterocycles. The van der Waals surface area contributed by atoms with E-state index in [0.29, 0.717) is 24.5 Å². The van der Waals surface area contributed by atoms with E-state index in [-0.39, 0.29) is 48.8 Å². The maximum absolute atomic E-state index is 13.4. The molecule has 2 aromatic rings. The van der Waals surface area contributed by atoms with Gasteiger partial charge in [0, 0.05) is 55.1 Å². The van der Waals surface area contributed by atoms with Crippen LogP contribution in [0.4, 0.5) is 5.69 Å². The number of aliphatic hydroxyl groups excluding tert-OH is 1. The van der Waals surface area contributed by atoms with Crippen LogP contribution in [0.15, 0.2) is 42.7 Å². The maximum atomic E-state index is 13.4. The molecule has 1 aromatic carbocycles. The van der Waals surface area contributed by atoms with Crippen molar-refractivity contribution >= 4 is 17.5 Å². The average molecular weight is 523 g/mol. The second-order valence-corrected chi connectivity index (χ2v) is 11.1. The summed E-state index contributed by atoms with van der Waals surface area (Å²) >= 11 is 0. The number of fused-ring (bicyclic) bond motifs is 1. The van der Waals surface area contributed by atoms with Gasteiger partial charge < -0.3 is 20.1 Å². The fraction of sp³-hybridized carbons (Fsp3) is 0.567. The van der Waals surface area contributed by atoms with E-state index in [1.165, 1.54) is 12.0 Å². The van der Waals surface area contributed by atoms with Crippen molar-refractivity contribution in [2.45, 2.75) is 71.1 Å². The van der Waals surface area contributed by atoms with Gasteiger partial charge in [-0.15, -0.1) is 0 Å². The first-order valence-corrected chi connectivity index (χ1v) is 13.9. The highest BCUT2D eigenvalue weighted by molar-refractivity contribution is 5.93. The summed E-state index contributed by atoms with van der Waals surface area (Å²) in [5.41, 5.74) is 2.61. The molecule has 0 saturated heterocycles. The van der Waals surface area contributed by atoms with Crippen molar-refractivity contribution in [2.24, 2.45) is 11.8 Å². The Morgan fingerprint density at radius 2 is 1.95 bits per heavy atom.